The van der Waals surface area contributed by atoms with Gasteiger partial charge < -0.3 is 4.74 Å². The summed E-state index contributed by atoms with van der Waals surface area (Å²) in [6.45, 7) is 4.55. The van der Waals surface area contributed by atoms with Crippen molar-refractivity contribution in [2.75, 3.05) is 39.0 Å². The van der Waals surface area contributed by atoms with Gasteiger partial charge in [-0.05, 0) is 45.3 Å². The average Bonchev–Trinajstić information content (AvgIpc) is 2.53. The van der Waals surface area contributed by atoms with Crippen molar-refractivity contribution in [1.82, 2.24) is 14.2 Å². The minimum Gasteiger partial charge on any atom is -0.477 e. The minimum absolute atomic E-state index is 0.0152. The van der Waals surface area contributed by atoms with Gasteiger partial charge in [0.25, 0.3) is 0 Å². The van der Waals surface area contributed by atoms with Gasteiger partial charge in [-0.15, -0.1) is 0 Å². The number of pyridine rings is 1. The maximum Gasteiger partial charge on any atom is 0.213 e. The van der Waals surface area contributed by atoms with E-state index >= 15 is 0 Å². The van der Waals surface area contributed by atoms with Crippen LogP contribution in [0.4, 0.5) is 0 Å². The summed E-state index contributed by atoms with van der Waals surface area (Å²) < 4.78 is 31.4. The predicted molar refractivity (Wildman–Crippen MR) is 88.9 cm³/mol. The highest BCUT2D eigenvalue weighted by Crippen LogP contribution is 2.39. The van der Waals surface area contributed by atoms with Crippen LogP contribution < -0.4 is 4.74 Å². The Hall–Kier alpha value is -1.18. The molecule has 1 aromatic rings. The van der Waals surface area contributed by atoms with Crippen LogP contribution in [0, 0.1) is 5.92 Å². The maximum absolute atomic E-state index is 12.0. The van der Waals surface area contributed by atoms with E-state index in [1.54, 1.807) is 17.4 Å². The standard InChI is InChI=1S/C16H25N3O3S/c1-3-23(20,21)19-12-16(13-19)10-14(7-9-18(16)2)11-22-15-6-4-5-8-17-15/h4-6,8,14H,3,7,9-13H2,1-2H3. The zero-order chi connectivity index (χ0) is 16.5. The molecule has 0 aliphatic carbocycles. The van der Waals surface area contributed by atoms with Gasteiger partial charge >= 0.3 is 0 Å². The Kier molecular flexibility index (Phi) is 4.62. The average molecular weight is 339 g/mol. The molecule has 7 heteroatoms. The molecule has 0 N–H and O–H groups in total. The number of hydrogen-bond donors (Lipinski definition) is 0. The number of likely N-dealkylation sites (N-methyl/N-ethyl adjacent to an activating group) is 1. The van der Waals surface area contributed by atoms with E-state index in [-0.39, 0.29) is 11.3 Å². The third-order valence-corrected chi connectivity index (χ3v) is 6.93. The Labute approximate surface area is 138 Å². The predicted octanol–water partition coefficient (Wildman–Crippen LogP) is 1.21. The molecule has 3 rings (SSSR count). The molecule has 1 aromatic heterocycles. The van der Waals surface area contributed by atoms with Crippen LogP contribution in [0.2, 0.25) is 0 Å². The van der Waals surface area contributed by atoms with Gasteiger partial charge in [0.1, 0.15) is 0 Å². The molecule has 3 heterocycles. The van der Waals surface area contributed by atoms with E-state index in [9.17, 15) is 8.42 Å². The number of aromatic nitrogens is 1. The van der Waals surface area contributed by atoms with Crippen molar-refractivity contribution in [3.63, 3.8) is 0 Å². The SMILES string of the molecule is CCS(=O)(=O)N1CC2(CC(COc3ccccn3)CCN2C)C1. The topological polar surface area (TPSA) is 62.7 Å². The van der Waals surface area contributed by atoms with Crippen molar-refractivity contribution >= 4 is 10.0 Å². The summed E-state index contributed by atoms with van der Waals surface area (Å²) in [4.78, 5) is 6.51. The largest absolute Gasteiger partial charge is 0.477 e. The van der Waals surface area contributed by atoms with Crippen molar-refractivity contribution in [2.24, 2.45) is 5.92 Å². The molecule has 2 aliphatic heterocycles. The van der Waals surface area contributed by atoms with E-state index in [0.717, 1.165) is 19.4 Å². The van der Waals surface area contributed by atoms with E-state index in [1.165, 1.54) is 0 Å². The molecule has 0 saturated carbocycles. The summed E-state index contributed by atoms with van der Waals surface area (Å²) in [6, 6.07) is 5.65. The maximum atomic E-state index is 12.0. The van der Waals surface area contributed by atoms with E-state index in [2.05, 4.69) is 16.9 Å². The van der Waals surface area contributed by atoms with Crippen molar-refractivity contribution in [3.8, 4) is 5.88 Å². The van der Waals surface area contributed by atoms with Crippen LogP contribution in [-0.4, -0.2) is 67.2 Å². The molecule has 128 valence electrons. The van der Waals surface area contributed by atoms with Crippen LogP contribution in [0.25, 0.3) is 0 Å². The Morgan fingerprint density at radius 1 is 1.39 bits per heavy atom. The molecule has 0 radical (unpaired) electrons. The lowest BCUT2D eigenvalue weighted by atomic mass is 9.77. The number of rotatable bonds is 5. The summed E-state index contributed by atoms with van der Waals surface area (Å²) in [5.41, 5.74) is -0.0152. The van der Waals surface area contributed by atoms with Gasteiger partial charge in [0, 0.05) is 30.9 Å². The first-order valence-electron chi connectivity index (χ1n) is 8.18. The van der Waals surface area contributed by atoms with E-state index < -0.39 is 10.0 Å². The number of nitrogens with zero attached hydrogens (tertiary/aromatic N) is 3. The third kappa shape index (κ3) is 3.36. The molecular formula is C16H25N3O3S. The second kappa shape index (κ2) is 6.37. The highest BCUT2D eigenvalue weighted by Gasteiger charge is 2.52. The minimum atomic E-state index is -3.07. The van der Waals surface area contributed by atoms with Gasteiger partial charge in [-0.2, -0.15) is 4.31 Å². The van der Waals surface area contributed by atoms with Crippen LogP contribution in [0.3, 0.4) is 0 Å². The highest BCUT2D eigenvalue weighted by atomic mass is 32.2. The molecule has 2 saturated heterocycles. The van der Waals surface area contributed by atoms with Gasteiger partial charge in [-0.3, -0.25) is 4.90 Å². The fraction of sp³-hybridized carbons (Fsp3) is 0.688. The zero-order valence-corrected chi connectivity index (χ0v) is 14.6. The van der Waals surface area contributed by atoms with Gasteiger partial charge in [0.2, 0.25) is 15.9 Å². The van der Waals surface area contributed by atoms with Crippen LogP contribution >= 0.6 is 0 Å². The van der Waals surface area contributed by atoms with E-state index in [4.69, 9.17) is 4.74 Å². The molecule has 0 bridgehead atoms. The quantitative estimate of drug-likeness (QED) is 0.807. The fourth-order valence-corrected chi connectivity index (χ4v) is 4.79. The van der Waals surface area contributed by atoms with Crippen molar-refractivity contribution in [3.05, 3.63) is 24.4 Å². The van der Waals surface area contributed by atoms with E-state index in [0.29, 0.717) is 31.5 Å². The third-order valence-electron chi connectivity index (χ3n) is 5.16. The molecular weight excluding hydrogens is 314 g/mol. The number of piperidine rings is 1. The number of likely N-dealkylation sites (tertiary alicyclic amines) is 1. The first-order valence-corrected chi connectivity index (χ1v) is 9.79. The lowest BCUT2D eigenvalue weighted by molar-refractivity contribution is -0.0497. The number of ether oxygens (including phenoxy) is 1. The molecule has 2 aliphatic rings. The normalized spacial score (nSPS) is 25.2. The first kappa shape index (κ1) is 16.7. The summed E-state index contributed by atoms with van der Waals surface area (Å²) in [7, 11) is -0.965. The number of hydrogen-bond acceptors (Lipinski definition) is 5. The van der Waals surface area contributed by atoms with Crippen molar-refractivity contribution < 1.29 is 13.2 Å². The monoisotopic (exact) mass is 339 g/mol. The lowest BCUT2D eigenvalue weighted by Gasteiger charge is -2.57. The highest BCUT2D eigenvalue weighted by molar-refractivity contribution is 7.89. The van der Waals surface area contributed by atoms with Crippen LogP contribution in [0.5, 0.6) is 5.88 Å². The number of sulfonamides is 1. The summed E-state index contributed by atoms with van der Waals surface area (Å²) in [6.07, 6.45) is 3.78. The van der Waals surface area contributed by atoms with Gasteiger partial charge in [-0.1, -0.05) is 6.07 Å². The van der Waals surface area contributed by atoms with Gasteiger partial charge in [-0.25, -0.2) is 13.4 Å². The molecule has 1 unspecified atom stereocenters. The van der Waals surface area contributed by atoms with Crippen LogP contribution in [-0.2, 0) is 10.0 Å². The van der Waals surface area contributed by atoms with Gasteiger partial charge in [0.05, 0.1) is 12.4 Å². The molecule has 2 fully saturated rings. The Bertz CT molecular complexity index is 629. The Morgan fingerprint density at radius 2 is 2.17 bits per heavy atom. The van der Waals surface area contributed by atoms with E-state index in [1.807, 2.05) is 18.2 Å². The molecule has 1 atom stereocenters. The van der Waals surface area contributed by atoms with Crippen molar-refractivity contribution in [2.45, 2.75) is 25.3 Å². The lowest BCUT2D eigenvalue weighted by Crippen LogP contribution is -2.72. The zero-order valence-electron chi connectivity index (χ0n) is 13.8. The van der Waals surface area contributed by atoms with Crippen molar-refractivity contribution in [1.29, 1.82) is 0 Å². The smallest absolute Gasteiger partial charge is 0.213 e. The van der Waals surface area contributed by atoms with Gasteiger partial charge in [0.15, 0.2) is 0 Å². The summed E-state index contributed by atoms with van der Waals surface area (Å²) >= 11 is 0. The fourth-order valence-electron chi connectivity index (χ4n) is 3.55. The Balaban J connectivity index is 1.58. The molecule has 0 amide bonds. The molecule has 6 nitrogen and oxygen atoms in total. The first-order chi connectivity index (χ1) is 11.0. The molecule has 1 spiro atoms. The van der Waals surface area contributed by atoms with Crippen LogP contribution in [0.1, 0.15) is 19.8 Å². The Morgan fingerprint density at radius 3 is 2.83 bits per heavy atom. The second-order valence-electron chi connectivity index (χ2n) is 6.65. The van der Waals surface area contributed by atoms with Crippen LogP contribution in [0.15, 0.2) is 24.4 Å². The summed E-state index contributed by atoms with van der Waals surface area (Å²) in [5, 5.41) is 0. The second-order valence-corrected chi connectivity index (χ2v) is 8.91. The molecule has 0 aromatic carbocycles. The summed E-state index contributed by atoms with van der Waals surface area (Å²) in [5.74, 6) is 1.28. The molecule has 23 heavy (non-hydrogen) atoms.